The van der Waals surface area contributed by atoms with Gasteiger partial charge < -0.3 is 9.32 Å². The van der Waals surface area contributed by atoms with Crippen LogP contribution in [0.15, 0.2) is 64.7 Å². The number of carbonyl (C=O) groups is 1. The van der Waals surface area contributed by atoms with Crippen LogP contribution < -0.4 is 0 Å². The number of rotatable bonds is 3. The van der Waals surface area contributed by atoms with Crippen LogP contribution in [0, 0.1) is 5.41 Å². The summed E-state index contributed by atoms with van der Waals surface area (Å²) in [6.45, 7) is 2.08. The fraction of sp³-hybridized carbons (Fsp3) is 0.208. The van der Waals surface area contributed by atoms with Gasteiger partial charge in [0.15, 0.2) is 0 Å². The van der Waals surface area contributed by atoms with E-state index in [1.54, 1.807) is 36.9 Å². The van der Waals surface area contributed by atoms with Gasteiger partial charge in [0.1, 0.15) is 11.4 Å². The van der Waals surface area contributed by atoms with E-state index in [0.717, 1.165) is 32.7 Å². The molecular formula is C24H20ClN3O2S. The maximum Gasteiger partial charge on any atom is 0.236 e. The SMILES string of the molecule is CN1C(=N)C[C@](C)(c2cc(-c3cc(Cl)ccn3)cs2)[C@H](c2ccc3occc3c2)C1=O. The van der Waals surface area contributed by atoms with E-state index in [4.69, 9.17) is 21.4 Å². The van der Waals surface area contributed by atoms with Crippen molar-refractivity contribution in [2.75, 3.05) is 7.05 Å². The van der Waals surface area contributed by atoms with Crippen LogP contribution in [0.2, 0.25) is 5.02 Å². The van der Waals surface area contributed by atoms with Gasteiger partial charge in [-0.25, -0.2) is 0 Å². The molecule has 0 radical (unpaired) electrons. The van der Waals surface area contributed by atoms with Crippen molar-refractivity contribution in [3.8, 4) is 11.3 Å². The molecule has 2 atom stereocenters. The number of piperidine rings is 1. The van der Waals surface area contributed by atoms with Crippen molar-refractivity contribution < 1.29 is 9.21 Å². The molecule has 0 bridgehead atoms. The summed E-state index contributed by atoms with van der Waals surface area (Å²) in [4.78, 5) is 20.4. The lowest BCUT2D eigenvalue weighted by atomic mass is 9.67. The first kappa shape index (κ1) is 20.0. The highest BCUT2D eigenvalue weighted by Crippen LogP contribution is 2.49. The second-order valence-corrected chi connectivity index (χ2v) is 9.50. The third-order valence-electron chi connectivity index (χ3n) is 6.14. The number of pyridine rings is 1. The zero-order valence-electron chi connectivity index (χ0n) is 17.1. The van der Waals surface area contributed by atoms with Crippen LogP contribution in [0.4, 0.5) is 0 Å². The van der Waals surface area contributed by atoms with E-state index in [9.17, 15) is 4.79 Å². The third kappa shape index (κ3) is 3.27. The maximum atomic E-state index is 13.5. The van der Waals surface area contributed by atoms with E-state index in [1.165, 1.54) is 4.90 Å². The Labute approximate surface area is 188 Å². The van der Waals surface area contributed by atoms with Crippen LogP contribution in [0.5, 0.6) is 0 Å². The van der Waals surface area contributed by atoms with E-state index >= 15 is 0 Å². The number of nitrogens with zero attached hydrogens (tertiary/aromatic N) is 2. The Morgan fingerprint density at radius 3 is 2.90 bits per heavy atom. The molecule has 0 unspecified atom stereocenters. The van der Waals surface area contributed by atoms with Crippen LogP contribution in [-0.4, -0.2) is 28.7 Å². The van der Waals surface area contributed by atoms with Gasteiger partial charge in [-0.1, -0.05) is 24.6 Å². The molecule has 1 aliphatic heterocycles. The predicted octanol–water partition coefficient (Wildman–Crippen LogP) is 6.09. The number of likely N-dealkylation sites (tertiary alicyclic amines) is 1. The summed E-state index contributed by atoms with van der Waals surface area (Å²) in [6.07, 6.45) is 3.81. The van der Waals surface area contributed by atoms with Crippen LogP contribution in [-0.2, 0) is 10.2 Å². The molecule has 0 saturated carbocycles. The lowest BCUT2D eigenvalue weighted by Crippen LogP contribution is -2.51. The van der Waals surface area contributed by atoms with Crippen molar-refractivity contribution in [3.05, 3.63) is 75.8 Å². The van der Waals surface area contributed by atoms with Crippen LogP contribution in [0.1, 0.15) is 29.7 Å². The molecule has 1 amide bonds. The highest BCUT2D eigenvalue weighted by molar-refractivity contribution is 7.10. The Kier molecular flexibility index (Phi) is 4.72. The fourth-order valence-electron chi connectivity index (χ4n) is 4.40. The minimum Gasteiger partial charge on any atom is -0.464 e. The van der Waals surface area contributed by atoms with Crippen molar-refractivity contribution in [3.63, 3.8) is 0 Å². The minimum atomic E-state index is -0.556. The summed E-state index contributed by atoms with van der Waals surface area (Å²) >= 11 is 7.75. The van der Waals surface area contributed by atoms with Gasteiger partial charge in [-0.2, -0.15) is 0 Å². The number of fused-ring (bicyclic) bond motifs is 1. The summed E-state index contributed by atoms with van der Waals surface area (Å²) in [6, 6.07) is 13.5. The average molecular weight is 450 g/mol. The van der Waals surface area contributed by atoms with E-state index in [2.05, 4.69) is 18.0 Å². The standard InChI is InChI=1S/C24H20ClN3O2S/c1-24(20-10-16(13-31-20)18-11-17(25)5-7-27-18)12-21(26)28(2)23(29)22(24)15-3-4-19-14(9-15)6-8-30-19/h3-11,13,22,26H,12H2,1-2H3/t22-,24-/m1/s1. The number of furan rings is 1. The van der Waals surface area contributed by atoms with Crippen LogP contribution in [0.25, 0.3) is 22.2 Å². The Morgan fingerprint density at radius 1 is 1.26 bits per heavy atom. The normalized spacial score (nSPS) is 21.8. The molecule has 1 aliphatic rings. The molecule has 5 rings (SSSR count). The van der Waals surface area contributed by atoms with Crippen molar-refractivity contribution in [2.24, 2.45) is 0 Å². The molecule has 0 spiro atoms. The molecule has 3 aromatic heterocycles. The Balaban J connectivity index is 1.63. The summed E-state index contributed by atoms with van der Waals surface area (Å²) in [5, 5.41) is 12.1. The van der Waals surface area contributed by atoms with Gasteiger partial charge in [0.25, 0.3) is 0 Å². The average Bonchev–Trinajstić information content (AvgIpc) is 3.42. The Morgan fingerprint density at radius 2 is 2.10 bits per heavy atom. The Hall–Kier alpha value is -2.96. The number of hydrogen-bond acceptors (Lipinski definition) is 5. The van der Waals surface area contributed by atoms with Gasteiger partial charge >= 0.3 is 0 Å². The first-order valence-corrected chi connectivity index (χ1v) is 11.2. The van der Waals surface area contributed by atoms with Crippen molar-refractivity contribution in [1.82, 2.24) is 9.88 Å². The number of nitrogens with one attached hydrogen (secondary N) is 1. The van der Waals surface area contributed by atoms with Gasteiger partial charge in [-0.15, -0.1) is 11.3 Å². The topological polar surface area (TPSA) is 70.2 Å². The van der Waals surface area contributed by atoms with Crippen molar-refractivity contribution in [2.45, 2.75) is 24.7 Å². The van der Waals surface area contributed by atoms with Gasteiger partial charge in [-0.3, -0.25) is 15.2 Å². The molecule has 0 aliphatic carbocycles. The maximum absolute atomic E-state index is 13.5. The molecule has 1 saturated heterocycles. The van der Waals surface area contributed by atoms with Gasteiger partial charge in [0.2, 0.25) is 5.91 Å². The zero-order chi connectivity index (χ0) is 21.8. The number of halogens is 1. The summed E-state index contributed by atoms with van der Waals surface area (Å²) in [5.74, 6) is -0.161. The first-order chi connectivity index (χ1) is 14.9. The molecule has 7 heteroatoms. The molecule has 4 aromatic rings. The highest BCUT2D eigenvalue weighted by Gasteiger charge is 2.49. The number of benzene rings is 1. The number of aromatic nitrogens is 1. The summed E-state index contributed by atoms with van der Waals surface area (Å²) in [7, 11) is 1.68. The smallest absolute Gasteiger partial charge is 0.236 e. The summed E-state index contributed by atoms with van der Waals surface area (Å²) < 4.78 is 5.48. The lowest BCUT2D eigenvalue weighted by molar-refractivity contribution is -0.131. The van der Waals surface area contributed by atoms with Crippen molar-refractivity contribution in [1.29, 1.82) is 5.41 Å². The van der Waals surface area contributed by atoms with E-state index in [1.807, 2.05) is 35.7 Å². The highest BCUT2D eigenvalue weighted by atomic mass is 35.5. The quantitative estimate of drug-likeness (QED) is 0.411. The Bertz CT molecular complexity index is 1330. The largest absolute Gasteiger partial charge is 0.464 e. The van der Waals surface area contributed by atoms with Crippen molar-refractivity contribution >= 4 is 45.6 Å². The van der Waals surface area contributed by atoms with Crippen LogP contribution in [0.3, 0.4) is 0 Å². The molecule has 1 aromatic carbocycles. The zero-order valence-corrected chi connectivity index (χ0v) is 18.6. The first-order valence-electron chi connectivity index (χ1n) is 9.90. The van der Waals surface area contributed by atoms with Gasteiger partial charge in [0, 0.05) is 51.3 Å². The molecule has 4 heterocycles. The third-order valence-corrected chi connectivity index (χ3v) is 7.59. The second kappa shape index (κ2) is 7.32. The number of carbonyl (C=O) groups excluding carboxylic acids is 1. The van der Waals surface area contributed by atoms with Gasteiger partial charge in [0.05, 0.1) is 17.9 Å². The molecule has 156 valence electrons. The molecule has 1 N–H and O–H groups in total. The van der Waals surface area contributed by atoms with E-state index in [0.29, 0.717) is 17.3 Å². The summed E-state index contributed by atoms with van der Waals surface area (Å²) in [5.41, 5.74) is 2.92. The number of thiophene rings is 1. The van der Waals surface area contributed by atoms with Gasteiger partial charge in [-0.05, 0) is 42.0 Å². The fourth-order valence-corrected chi connectivity index (χ4v) is 5.66. The number of amides is 1. The second-order valence-electron chi connectivity index (χ2n) is 8.15. The lowest BCUT2D eigenvalue weighted by Gasteiger charge is -2.44. The van der Waals surface area contributed by atoms with E-state index in [-0.39, 0.29) is 5.91 Å². The molecular weight excluding hydrogens is 430 g/mol. The molecule has 31 heavy (non-hydrogen) atoms. The monoisotopic (exact) mass is 449 g/mol. The van der Waals surface area contributed by atoms with Crippen LogP contribution >= 0.6 is 22.9 Å². The van der Waals surface area contributed by atoms with E-state index < -0.39 is 11.3 Å². The predicted molar refractivity (Wildman–Crippen MR) is 124 cm³/mol. The number of hydrogen-bond donors (Lipinski definition) is 1. The number of amidine groups is 1. The molecule has 1 fully saturated rings. The molecule has 5 nitrogen and oxygen atoms in total. The minimum absolute atomic E-state index is 0.0718. The number of likely N-dealkylation sites (N-methyl/N-ethyl adjacent to an activating group) is 1.